The first-order valence-electron chi connectivity index (χ1n) is 17.5. The zero-order valence-corrected chi connectivity index (χ0v) is 28.7. The Bertz CT molecular complexity index is 2990. The number of fused-ring (bicyclic) bond motifs is 5. The molecule has 50 heavy (non-hydrogen) atoms. The summed E-state index contributed by atoms with van der Waals surface area (Å²) < 4.78 is 2.68. The summed E-state index contributed by atoms with van der Waals surface area (Å²) in [4.78, 5) is 0. The Labute approximate surface area is 294 Å². The highest BCUT2D eigenvalue weighted by atomic mass is 32.1. The van der Waals surface area contributed by atoms with Gasteiger partial charge in [-0.25, -0.2) is 0 Å². The van der Waals surface area contributed by atoms with Gasteiger partial charge in [0.1, 0.15) is 0 Å². The Hall–Kier alpha value is -5.76. The van der Waals surface area contributed by atoms with Crippen LogP contribution in [0.1, 0.15) is 25.0 Å². The van der Waals surface area contributed by atoms with Crippen molar-refractivity contribution in [3.8, 4) is 33.4 Å². The van der Waals surface area contributed by atoms with E-state index in [1.165, 1.54) is 108 Å². The van der Waals surface area contributed by atoms with Crippen molar-refractivity contribution in [3.05, 3.63) is 169 Å². The molecule has 0 bridgehead atoms. The lowest BCUT2D eigenvalue weighted by Crippen LogP contribution is -2.14. The van der Waals surface area contributed by atoms with Crippen molar-refractivity contribution >= 4 is 74.6 Å². The van der Waals surface area contributed by atoms with E-state index in [9.17, 15) is 0 Å². The van der Waals surface area contributed by atoms with E-state index < -0.39 is 0 Å². The lowest BCUT2D eigenvalue weighted by atomic mass is 9.81. The van der Waals surface area contributed by atoms with E-state index in [2.05, 4.69) is 172 Å². The molecule has 234 valence electrons. The lowest BCUT2D eigenvalue weighted by molar-refractivity contribution is 0.663. The Kier molecular flexibility index (Phi) is 5.70. The van der Waals surface area contributed by atoms with E-state index in [0.717, 1.165) is 0 Å². The lowest BCUT2D eigenvalue weighted by Gasteiger charge is -2.21. The van der Waals surface area contributed by atoms with Gasteiger partial charge in [0.25, 0.3) is 0 Å². The average molecular weight is 653 g/mol. The molecule has 0 radical (unpaired) electrons. The summed E-state index contributed by atoms with van der Waals surface area (Å²) in [6, 6.07) is 59.3. The zero-order valence-electron chi connectivity index (χ0n) is 27.9. The van der Waals surface area contributed by atoms with Crippen LogP contribution >= 0.6 is 11.3 Å². The number of thiophene rings is 1. The highest BCUT2D eigenvalue weighted by Crippen LogP contribution is 2.53. The van der Waals surface area contributed by atoms with Gasteiger partial charge in [-0.1, -0.05) is 147 Å². The molecule has 0 amide bonds. The molecular formula is C49H32S. The van der Waals surface area contributed by atoms with Gasteiger partial charge in [-0.2, -0.15) is 0 Å². The number of hydrogen-bond donors (Lipinski definition) is 0. The minimum absolute atomic E-state index is 0.0244. The molecule has 1 aliphatic rings. The third kappa shape index (κ3) is 3.76. The van der Waals surface area contributed by atoms with Crippen LogP contribution in [0.3, 0.4) is 0 Å². The van der Waals surface area contributed by atoms with Crippen LogP contribution in [0.5, 0.6) is 0 Å². The van der Waals surface area contributed by atoms with E-state index in [-0.39, 0.29) is 5.41 Å². The summed E-state index contributed by atoms with van der Waals surface area (Å²) in [6.07, 6.45) is 0. The van der Waals surface area contributed by atoms with Gasteiger partial charge in [0.2, 0.25) is 0 Å². The highest BCUT2D eigenvalue weighted by molar-refractivity contribution is 7.25. The smallest absolute Gasteiger partial charge is 0.0355 e. The predicted octanol–water partition coefficient (Wildman–Crippen LogP) is 14.3. The van der Waals surface area contributed by atoms with Gasteiger partial charge in [0.15, 0.2) is 0 Å². The topological polar surface area (TPSA) is 0 Å². The van der Waals surface area contributed by atoms with Gasteiger partial charge in [-0.3, -0.25) is 0 Å². The van der Waals surface area contributed by atoms with Gasteiger partial charge in [-0.05, 0) is 112 Å². The number of benzene rings is 9. The van der Waals surface area contributed by atoms with Gasteiger partial charge >= 0.3 is 0 Å². The Morgan fingerprint density at radius 3 is 1.64 bits per heavy atom. The molecule has 0 N–H and O–H groups in total. The maximum atomic E-state index is 2.46. The summed E-state index contributed by atoms with van der Waals surface area (Å²) >= 11 is 1.87. The summed E-state index contributed by atoms with van der Waals surface area (Å²) in [5.41, 5.74) is 10.5. The van der Waals surface area contributed by atoms with Crippen LogP contribution in [0.25, 0.3) is 96.6 Å². The molecule has 1 heteroatoms. The maximum absolute atomic E-state index is 2.46. The molecule has 0 fully saturated rings. The first-order chi connectivity index (χ1) is 24.6. The second-order valence-corrected chi connectivity index (χ2v) is 15.5. The van der Waals surface area contributed by atoms with Crippen molar-refractivity contribution in [1.82, 2.24) is 0 Å². The van der Waals surface area contributed by atoms with Crippen LogP contribution in [0.15, 0.2) is 158 Å². The summed E-state index contributed by atoms with van der Waals surface area (Å²) in [5.74, 6) is 0. The standard InChI is InChI=1S/C49H32S/c1-49(2)41-18-9-11-32-28-40(38-17-10-19-42(49)48(38)46(32)41)47-36-15-5-3-13-34(36)45(35-14-4-6-16-37(35)47)30-23-21-29(22-24-30)31-25-26-44-39(27-31)33-12-7-8-20-43(33)50-44/h3-28H,1-2H3. The number of hydrogen-bond acceptors (Lipinski definition) is 1. The van der Waals surface area contributed by atoms with Crippen LogP contribution in [-0.2, 0) is 5.41 Å². The van der Waals surface area contributed by atoms with Gasteiger partial charge < -0.3 is 0 Å². The molecule has 1 aromatic heterocycles. The molecule has 0 saturated carbocycles. The van der Waals surface area contributed by atoms with Crippen LogP contribution in [0.4, 0.5) is 0 Å². The van der Waals surface area contributed by atoms with Crippen molar-refractivity contribution in [2.24, 2.45) is 0 Å². The monoisotopic (exact) mass is 652 g/mol. The predicted molar refractivity (Wildman–Crippen MR) is 218 cm³/mol. The quantitative estimate of drug-likeness (QED) is 0.132. The maximum Gasteiger partial charge on any atom is 0.0355 e. The SMILES string of the molecule is CC1(C)c2cccc3cc(-c4c5ccccc5c(-c5ccc(-c6ccc7sc8ccccc8c7c6)cc5)c5ccccc45)c4cccc1c4c23. The van der Waals surface area contributed by atoms with E-state index in [1.54, 1.807) is 0 Å². The summed E-state index contributed by atoms with van der Waals surface area (Å²) in [6.45, 7) is 4.76. The fourth-order valence-corrected chi connectivity index (χ4v) is 10.2. The van der Waals surface area contributed by atoms with Crippen molar-refractivity contribution in [3.63, 3.8) is 0 Å². The largest absolute Gasteiger partial charge is 0.135 e. The van der Waals surface area contributed by atoms with Crippen LogP contribution in [0.2, 0.25) is 0 Å². The van der Waals surface area contributed by atoms with Gasteiger partial charge in [0, 0.05) is 25.6 Å². The average Bonchev–Trinajstić information content (AvgIpc) is 3.65. The fraction of sp³-hybridized carbons (Fsp3) is 0.0612. The molecule has 0 nitrogen and oxygen atoms in total. The number of rotatable bonds is 3. The third-order valence-electron chi connectivity index (χ3n) is 11.4. The van der Waals surface area contributed by atoms with Crippen molar-refractivity contribution in [1.29, 1.82) is 0 Å². The minimum atomic E-state index is -0.0244. The van der Waals surface area contributed by atoms with E-state index >= 15 is 0 Å². The van der Waals surface area contributed by atoms with E-state index in [1.807, 2.05) is 11.3 Å². The molecular weight excluding hydrogens is 621 g/mol. The summed E-state index contributed by atoms with van der Waals surface area (Å²) in [5, 5.41) is 13.3. The summed E-state index contributed by atoms with van der Waals surface area (Å²) in [7, 11) is 0. The molecule has 1 aliphatic carbocycles. The van der Waals surface area contributed by atoms with E-state index in [0.29, 0.717) is 0 Å². The van der Waals surface area contributed by atoms with Gasteiger partial charge in [0.05, 0.1) is 0 Å². The first kappa shape index (κ1) is 28.1. The van der Waals surface area contributed by atoms with Crippen molar-refractivity contribution in [2.45, 2.75) is 19.3 Å². The second-order valence-electron chi connectivity index (χ2n) is 14.4. The molecule has 11 rings (SSSR count). The third-order valence-corrected chi connectivity index (χ3v) is 12.6. The molecule has 1 heterocycles. The molecule has 0 unspecified atom stereocenters. The van der Waals surface area contributed by atoms with Crippen LogP contribution < -0.4 is 0 Å². The molecule has 9 aromatic carbocycles. The van der Waals surface area contributed by atoms with Crippen molar-refractivity contribution < 1.29 is 0 Å². The Morgan fingerprint density at radius 1 is 0.380 bits per heavy atom. The van der Waals surface area contributed by atoms with Crippen LogP contribution in [-0.4, -0.2) is 0 Å². The van der Waals surface area contributed by atoms with Crippen LogP contribution in [0, 0.1) is 0 Å². The molecule has 10 aromatic rings. The molecule has 0 atom stereocenters. The van der Waals surface area contributed by atoms with Gasteiger partial charge in [-0.15, -0.1) is 11.3 Å². The zero-order chi connectivity index (χ0) is 33.1. The molecule has 0 spiro atoms. The van der Waals surface area contributed by atoms with Crippen molar-refractivity contribution in [2.75, 3.05) is 0 Å². The highest BCUT2D eigenvalue weighted by Gasteiger charge is 2.34. The second kappa shape index (κ2) is 10.1. The normalized spacial score (nSPS) is 13.6. The fourth-order valence-electron chi connectivity index (χ4n) is 9.11. The first-order valence-corrected chi connectivity index (χ1v) is 18.3. The molecule has 0 saturated heterocycles. The Morgan fingerprint density at radius 2 is 0.920 bits per heavy atom. The van der Waals surface area contributed by atoms with E-state index in [4.69, 9.17) is 0 Å². The Balaban J connectivity index is 1.14. The minimum Gasteiger partial charge on any atom is -0.135 e. The molecule has 0 aliphatic heterocycles.